The van der Waals surface area contributed by atoms with Crippen LogP contribution in [-0.2, 0) is 0 Å². The molecule has 0 saturated heterocycles. The molecule has 1 aromatic heterocycles. The van der Waals surface area contributed by atoms with Gasteiger partial charge in [0.15, 0.2) is 5.15 Å². The molecule has 0 aliphatic heterocycles. The quantitative estimate of drug-likeness (QED) is 0.704. The Morgan fingerprint density at radius 1 is 1.05 bits per heavy atom. The molecule has 0 unspecified atom stereocenters. The van der Waals surface area contributed by atoms with Gasteiger partial charge in [0, 0.05) is 5.56 Å². The lowest BCUT2D eigenvalue weighted by Crippen LogP contribution is -1.96. The molecular weight excluding hydrogens is 282 g/mol. The molecule has 0 bridgehead atoms. The zero-order chi connectivity index (χ0) is 14.8. The Bertz CT molecular complexity index is 812. The molecule has 2 aromatic carbocycles. The largest absolute Gasteiger partial charge is 0.220 e. The van der Waals surface area contributed by atoms with E-state index in [1.54, 1.807) is 4.68 Å². The van der Waals surface area contributed by atoms with Crippen molar-refractivity contribution in [1.82, 2.24) is 9.78 Å². The van der Waals surface area contributed by atoms with Gasteiger partial charge in [0.1, 0.15) is 17.3 Å². The molecule has 0 aliphatic carbocycles. The normalized spacial score (nSPS) is 10.3. The Balaban J connectivity index is 2.19. The van der Waals surface area contributed by atoms with Gasteiger partial charge in [-0.25, -0.2) is 4.68 Å². The maximum atomic E-state index is 9.38. The summed E-state index contributed by atoms with van der Waals surface area (Å²) in [6.45, 7) is 2.02. The Labute approximate surface area is 128 Å². The molecular formula is C17H12ClN3. The van der Waals surface area contributed by atoms with Crippen LogP contribution >= 0.6 is 11.6 Å². The van der Waals surface area contributed by atoms with Gasteiger partial charge in [0.25, 0.3) is 0 Å². The van der Waals surface area contributed by atoms with E-state index in [1.165, 1.54) is 0 Å². The minimum Gasteiger partial charge on any atom is -0.220 e. The fraction of sp³-hybridized carbons (Fsp3) is 0.0588. The molecule has 0 radical (unpaired) electrons. The van der Waals surface area contributed by atoms with Gasteiger partial charge in [-0.3, -0.25) is 0 Å². The molecule has 3 nitrogen and oxygen atoms in total. The van der Waals surface area contributed by atoms with E-state index in [4.69, 9.17) is 11.6 Å². The summed E-state index contributed by atoms with van der Waals surface area (Å²) in [5.41, 5.74) is 3.86. The Morgan fingerprint density at radius 3 is 2.33 bits per heavy atom. The molecule has 4 heteroatoms. The summed E-state index contributed by atoms with van der Waals surface area (Å²) < 4.78 is 1.60. The van der Waals surface area contributed by atoms with E-state index >= 15 is 0 Å². The Kier molecular flexibility index (Phi) is 3.47. The van der Waals surface area contributed by atoms with Crippen molar-refractivity contribution in [3.63, 3.8) is 0 Å². The lowest BCUT2D eigenvalue weighted by molar-refractivity contribution is 0.884. The summed E-state index contributed by atoms with van der Waals surface area (Å²) in [6.07, 6.45) is 0. The molecule has 21 heavy (non-hydrogen) atoms. The van der Waals surface area contributed by atoms with E-state index in [2.05, 4.69) is 11.2 Å². The summed E-state index contributed by atoms with van der Waals surface area (Å²) in [7, 11) is 0. The summed E-state index contributed by atoms with van der Waals surface area (Å²) in [5.74, 6) is 0. The van der Waals surface area contributed by atoms with Crippen molar-refractivity contribution in [2.24, 2.45) is 0 Å². The molecule has 3 rings (SSSR count). The number of aromatic nitrogens is 2. The van der Waals surface area contributed by atoms with E-state index in [0.29, 0.717) is 16.4 Å². The molecule has 1 heterocycles. The highest BCUT2D eigenvalue weighted by Gasteiger charge is 2.18. The first-order valence-electron chi connectivity index (χ1n) is 6.52. The summed E-state index contributed by atoms with van der Waals surface area (Å²) >= 11 is 6.33. The highest BCUT2D eigenvalue weighted by atomic mass is 35.5. The van der Waals surface area contributed by atoms with Gasteiger partial charge in [-0.2, -0.15) is 10.4 Å². The number of hydrogen-bond donors (Lipinski definition) is 0. The number of aryl methyl sites for hydroxylation is 1. The van der Waals surface area contributed by atoms with Gasteiger partial charge in [0.05, 0.1) is 5.69 Å². The summed E-state index contributed by atoms with van der Waals surface area (Å²) in [6, 6.07) is 19.6. The van der Waals surface area contributed by atoms with Crippen LogP contribution in [0, 0.1) is 18.3 Å². The van der Waals surface area contributed by atoms with Crippen LogP contribution in [0.15, 0.2) is 54.6 Å². The van der Waals surface area contributed by atoms with E-state index in [9.17, 15) is 5.26 Å². The fourth-order valence-corrected chi connectivity index (χ4v) is 2.42. The number of nitrogens with zero attached hydrogens (tertiary/aromatic N) is 3. The zero-order valence-corrected chi connectivity index (χ0v) is 12.2. The van der Waals surface area contributed by atoms with Crippen LogP contribution in [0.1, 0.15) is 11.1 Å². The first kappa shape index (κ1) is 13.4. The molecule has 0 N–H and O–H groups in total. The SMILES string of the molecule is Cc1ccc(-n2nc(-c3ccccc3)c(C#N)c2Cl)cc1. The minimum absolute atomic E-state index is 0.334. The summed E-state index contributed by atoms with van der Waals surface area (Å²) in [4.78, 5) is 0. The average molecular weight is 294 g/mol. The van der Waals surface area contributed by atoms with Crippen molar-refractivity contribution in [3.8, 4) is 23.0 Å². The highest BCUT2D eigenvalue weighted by molar-refractivity contribution is 6.31. The predicted molar refractivity (Wildman–Crippen MR) is 83.5 cm³/mol. The molecule has 0 spiro atoms. The Morgan fingerprint density at radius 2 is 1.71 bits per heavy atom. The zero-order valence-electron chi connectivity index (χ0n) is 11.4. The minimum atomic E-state index is 0.334. The number of halogens is 1. The highest BCUT2D eigenvalue weighted by Crippen LogP contribution is 2.30. The fourth-order valence-electron chi connectivity index (χ4n) is 2.15. The topological polar surface area (TPSA) is 41.6 Å². The van der Waals surface area contributed by atoms with Crippen LogP contribution in [0.3, 0.4) is 0 Å². The van der Waals surface area contributed by atoms with Gasteiger partial charge in [-0.15, -0.1) is 0 Å². The smallest absolute Gasteiger partial charge is 0.151 e. The maximum Gasteiger partial charge on any atom is 0.151 e. The van der Waals surface area contributed by atoms with Gasteiger partial charge in [0.2, 0.25) is 0 Å². The first-order chi connectivity index (χ1) is 10.2. The second kappa shape index (κ2) is 5.43. The average Bonchev–Trinajstić information content (AvgIpc) is 2.86. The third-order valence-corrected chi connectivity index (χ3v) is 3.62. The molecule has 0 amide bonds. The van der Waals surface area contributed by atoms with E-state index in [-0.39, 0.29) is 0 Å². The van der Waals surface area contributed by atoms with Crippen LogP contribution in [0.2, 0.25) is 5.15 Å². The van der Waals surface area contributed by atoms with Crippen LogP contribution in [-0.4, -0.2) is 9.78 Å². The number of hydrogen-bond acceptors (Lipinski definition) is 2. The molecule has 3 aromatic rings. The van der Waals surface area contributed by atoms with Crippen molar-refractivity contribution in [2.75, 3.05) is 0 Å². The molecule has 0 aliphatic rings. The lowest BCUT2D eigenvalue weighted by Gasteiger charge is -2.03. The number of rotatable bonds is 2. The standard InChI is InChI=1S/C17H12ClN3/c1-12-7-9-14(10-8-12)21-17(18)15(11-19)16(20-21)13-5-3-2-4-6-13/h2-10H,1H3. The summed E-state index contributed by atoms with van der Waals surface area (Å²) in [5, 5.41) is 14.2. The van der Waals surface area contributed by atoms with E-state index < -0.39 is 0 Å². The molecule has 102 valence electrons. The number of nitriles is 1. The van der Waals surface area contributed by atoms with Crippen LogP contribution < -0.4 is 0 Å². The van der Waals surface area contributed by atoms with E-state index in [0.717, 1.165) is 16.8 Å². The maximum absolute atomic E-state index is 9.38. The molecule has 0 atom stereocenters. The molecule has 0 saturated carbocycles. The lowest BCUT2D eigenvalue weighted by atomic mass is 10.1. The Hall–Kier alpha value is -2.57. The monoisotopic (exact) mass is 293 g/mol. The van der Waals surface area contributed by atoms with Crippen LogP contribution in [0.4, 0.5) is 0 Å². The van der Waals surface area contributed by atoms with Crippen LogP contribution in [0.25, 0.3) is 16.9 Å². The van der Waals surface area contributed by atoms with Crippen molar-refractivity contribution in [2.45, 2.75) is 6.92 Å². The van der Waals surface area contributed by atoms with Gasteiger partial charge >= 0.3 is 0 Å². The first-order valence-corrected chi connectivity index (χ1v) is 6.89. The van der Waals surface area contributed by atoms with Gasteiger partial charge in [-0.05, 0) is 19.1 Å². The van der Waals surface area contributed by atoms with E-state index in [1.807, 2.05) is 61.5 Å². The molecule has 0 fully saturated rings. The van der Waals surface area contributed by atoms with Crippen LogP contribution in [0.5, 0.6) is 0 Å². The second-order valence-electron chi connectivity index (χ2n) is 4.74. The predicted octanol–water partition coefficient (Wildman–Crippen LogP) is 4.37. The number of benzene rings is 2. The third-order valence-electron chi connectivity index (χ3n) is 3.27. The van der Waals surface area contributed by atoms with Crippen molar-refractivity contribution in [3.05, 3.63) is 70.9 Å². The van der Waals surface area contributed by atoms with Crippen molar-refractivity contribution >= 4 is 11.6 Å². The second-order valence-corrected chi connectivity index (χ2v) is 5.10. The van der Waals surface area contributed by atoms with Crippen molar-refractivity contribution in [1.29, 1.82) is 5.26 Å². The van der Waals surface area contributed by atoms with Gasteiger partial charge < -0.3 is 0 Å². The van der Waals surface area contributed by atoms with Crippen molar-refractivity contribution < 1.29 is 0 Å². The third kappa shape index (κ3) is 2.42. The van der Waals surface area contributed by atoms with Gasteiger partial charge in [-0.1, -0.05) is 59.6 Å².